The normalized spacial score (nSPS) is 25.3. The zero-order valence-electron chi connectivity index (χ0n) is 30.6. The summed E-state index contributed by atoms with van der Waals surface area (Å²) in [5, 5.41) is 10.8. The number of hydrogen-bond acceptors (Lipinski definition) is 9. The van der Waals surface area contributed by atoms with Crippen molar-refractivity contribution in [3.63, 3.8) is 0 Å². The summed E-state index contributed by atoms with van der Waals surface area (Å²) in [6.45, 7) is 26.9. The lowest BCUT2D eigenvalue weighted by molar-refractivity contribution is -0.0108. The molecule has 4 rings (SSSR count). The fraction of sp³-hybridized carbons (Fsp3) is 0.757. The highest BCUT2D eigenvalue weighted by Crippen LogP contribution is 2.35. The molecule has 0 atom stereocenters. The second-order valence-electron chi connectivity index (χ2n) is 18.2. The van der Waals surface area contributed by atoms with Crippen molar-refractivity contribution >= 4 is 17.9 Å². The Morgan fingerprint density at radius 3 is 1.00 bits per heavy atom. The molecule has 1 aromatic carbocycles. The lowest BCUT2D eigenvalue weighted by atomic mass is 9.81. The van der Waals surface area contributed by atoms with Crippen molar-refractivity contribution in [2.24, 2.45) is 0 Å². The molecule has 0 unspecified atom stereocenters. The van der Waals surface area contributed by atoms with Crippen molar-refractivity contribution in [1.29, 1.82) is 0 Å². The van der Waals surface area contributed by atoms with Gasteiger partial charge >= 0.3 is 17.9 Å². The maximum absolute atomic E-state index is 14.0. The van der Waals surface area contributed by atoms with Crippen LogP contribution in [-0.4, -0.2) is 69.5 Å². The molecule has 0 aromatic heterocycles. The molecule has 258 valence electrons. The van der Waals surface area contributed by atoms with Crippen molar-refractivity contribution in [2.45, 2.75) is 180 Å². The third kappa shape index (κ3) is 9.32. The summed E-state index contributed by atoms with van der Waals surface area (Å²) in [5.74, 6) is -1.76. The van der Waals surface area contributed by atoms with Gasteiger partial charge in [-0.05, 0) is 108 Å². The number of nitrogens with one attached hydrogen (secondary N) is 3. The van der Waals surface area contributed by atoms with Crippen molar-refractivity contribution in [1.82, 2.24) is 16.0 Å². The lowest BCUT2D eigenvalue weighted by Gasteiger charge is -2.46. The molecule has 3 aliphatic rings. The van der Waals surface area contributed by atoms with Gasteiger partial charge in [0.15, 0.2) is 0 Å². The molecule has 3 fully saturated rings. The number of benzene rings is 1. The van der Waals surface area contributed by atoms with Crippen LogP contribution in [0, 0.1) is 6.92 Å². The molecule has 0 aliphatic carbocycles. The Morgan fingerprint density at radius 1 is 0.478 bits per heavy atom. The van der Waals surface area contributed by atoms with E-state index in [1.807, 2.05) is 0 Å². The molecule has 0 spiro atoms. The summed E-state index contributed by atoms with van der Waals surface area (Å²) in [6, 6.07) is 3.06. The van der Waals surface area contributed by atoms with E-state index in [1.54, 1.807) is 13.0 Å². The van der Waals surface area contributed by atoms with E-state index >= 15 is 0 Å². The highest BCUT2D eigenvalue weighted by molar-refractivity contribution is 6.06. The third-order valence-corrected chi connectivity index (χ3v) is 9.30. The molecule has 0 radical (unpaired) electrons. The molecule has 46 heavy (non-hydrogen) atoms. The van der Waals surface area contributed by atoms with Crippen LogP contribution in [0.5, 0.6) is 0 Å². The van der Waals surface area contributed by atoms with Crippen LogP contribution < -0.4 is 16.0 Å². The van der Waals surface area contributed by atoms with E-state index in [4.69, 9.17) is 14.2 Å². The van der Waals surface area contributed by atoms with Crippen LogP contribution in [0.15, 0.2) is 12.1 Å². The predicted molar refractivity (Wildman–Crippen MR) is 180 cm³/mol. The van der Waals surface area contributed by atoms with E-state index in [0.717, 1.165) is 0 Å². The molecule has 0 saturated carbocycles. The Kier molecular flexibility index (Phi) is 9.63. The minimum atomic E-state index is -0.644. The van der Waals surface area contributed by atoms with Crippen LogP contribution >= 0.6 is 0 Å². The van der Waals surface area contributed by atoms with E-state index in [1.165, 1.54) is 6.07 Å². The predicted octanol–water partition coefficient (Wildman–Crippen LogP) is 6.39. The van der Waals surface area contributed by atoms with Gasteiger partial charge in [-0.3, -0.25) is 0 Å². The first-order valence-electron chi connectivity index (χ1n) is 16.9. The Balaban J connectivity index is 1.66. The Labute approximate surface area is 276 Å². The van der Waals surface area contributed by atoms with Crippen LogP contribution in [-0.2, 0) is 14.2 Å². The molecule has 3 N–H and O–H groups in total. The van der Waals surface area contributed by atoms with Crippen molar-refractivity contribution in [3.05, 3.63) is 34.4 Å². The fourth-order valence-corrected chi connectivity index (χ4v) is 8.85. The van der Waals surface area contributed by atoms with E-state index in [2.05, 4.69) is 99.0 Å². The number of carbonyl (C=O) groups excluding carboxylic acids is 3. The van der Waals surface area contributed by atoms with Crippen molar-refractivity contribution in [3.8, 4) is 0 Å². The molecule has 3 aliphatic heterocycles. The van der Waals surface area contributed by atoms with Crippen LogP contribution in [0.1, 0.15) is 158 Å². The van der Waals surface area contributed by atoms with Gasteiger partial charge in [0.1, 0.15) is 18.3 Å². The maximum atomic E-state index is 14.0. The third-order valence-electron chi connectivity index (χ3n) is 9.30. The van der Waals surface area contributed by atoms with Gasteiger partial charge < -0.3 is 30.2 Å². The number of ether oxygens (including phenoxy) is 3. The quantitative estimate of drug-likeness (QED) is 0.240. The van der Waals surface area contributed by atoms with E-state index in [0.29, 0.717) is 44.1 Å². The minimum absolute atomic E-state index is 0.0233. The van der Waals surface area contributed by atoms with Gasteiger partial charge in [0.2, 0.25) is 0 Å². The molecule has 0 amide bonds. The number of esters is 3. The first kappa shape index (κ1) is 36.3. The fourth-order valence-electron chi connectivity index (χ4n) is 8.85. The Morgan fingerprint density at radius 2 is 0.717 bits per heavy atom. The molecule has 3 saturated heterocycles. The molecule has 1 aromatic rings. The average molecular weight is 642 g/mol. The Bertz CT molecular complexity index is 1310. The molecule has 9 heteroatoms. The maximum Gasteiger partial charge on any atom is 0.339 e. The summed E-state index contributed by atoms with van der Waals surface area (Å²) in [7, 11) is 0. The summed E-state index contributed by atoms with van der Waals surface area (Å²) in [4.78, 5) is 41.6. The zero-order chi connectivity index (χ0) is 34.7. The van der Waals surface area contributed by atoms with E-state index < -0.39 is 17.9 Å². The van der Waals surface area contributed by atoms with Crippen LogP contribution in [0.4, 0.5) is 0 Å². The van der Waals surface area contributed by atoms with E-state index in [9.17, 15) is 14.4 Å². The number of carbonyl (C=O) groups is 3. The standard InChI is InChI=1S/C37H59N3O6/c1-22-14-27(30(42)45-24-18-34(6,7)39-35(8,9)19-24)28(31(43)46-25-20-36(10,11)40-37(12,13)21-25)15-26(22)29(41)44-23-16-32(2,3)38-33(4,5)17-23/h14-15,23-25,38-40H,16-21H2,1-13H3. The second-order valence-corrected chi connectivity index (χ2v) is 18.2. The van der Waals surface area contributed by atoms with E-state index in [-0.39, 0.29) is 68.2 Å². The van der Waals surface area contributed by atoms with Gasteiger partial charge in [-0.2, -0.15) is 0 Å². The molecule has 3 heterocycles. The second kappa shape index (κ2) is 12.2. The van der Waals surface area contributed by atoms with Crippen LogP contribution in [0.3, 0.4) is 0 Å². The smallest absolute Gasteiger partial charge is 0.339 e. The largest absolute Gasteiger partial charge is 0.459 e. The molecule has 9 nitrogen and oxygen atoms in total. The monoisotopic (exact) mass is 641 g/mol. The highest BCUT2D eigenvalue weighted by Gasteiger charge is 2.43. The zero-order valence-corrected chi connectivity index (χ0v) is 30.6. The van der Waals surface area contributed by atoms with Gasteiger partial charge in [-0.15, -0.1) is 0 Å². The number of piperidine rings is 3. The van der Waals surface area contributed by atoms with Gasteiger partial charge in [0.05, 0.1) is 16.7 Å². The number of hydrogen-bond donors (Lipinski definition) is 3. The van der Waals surface area contributed by atoms with Crippen molar-refractivity contribution < 1.29 is 28.6 Å². The number of rotatable bonds is 6. The highest BCUT2D eigenvalue weighted by atomic mass is 16.6. The van der Waals surface area contributed by atoms with Gasteiger partial charge in [0.25, 0.3) is 0 Å². The Hall–Kier alpha value is -2.49. The molecular formula is C37H59N3O6. The van der Waals surface area contributed by atoms with Gasteiger partial charge in [-0.25, -0.2) is 14.4 Å². The summed E-state index contributed by atoms with van der Waals surface area (Å²) in [5.41, 5.74) is -0.474. The van der Waals surface area contributed by atoms with Crippen LogP contribution in [0.25, 0.3) is 0 Å². The molecular weight excluding hydrogens is 582 g/mol. The van der Waals surface area contributed by atoms with Crippen molar-refractivity contribution in [2.75, 3.05) is 0 Å². The first-order valence-corrected chi connectivity index (χ1v) is 16.9. The van der Waals surface area contributed by atoms with Gasteiger partial charge in [0, 0.05) is 71.8 Å². The van der Waals surface area contributed by atoms with Crippen LogP contribution in [0.2, 0.25) is 0 Å². The first-order chi connectivity index (χ1) is 20.8. The number of aryl methyl sites for hydroxylation is 1. The lowest BCUT2D eigenvalue weighted by Crippen LogP contribution is -2.60. The minimum Gasteiger partial charge on any atom is -0.459 e. The van der Waals surface area contributed by atoms with Gasteiger partial charge in [-0.1, -0.05) is 0 Å². The SMILES string of the molecule is Cc1cc(C(=O)OC2CC(C)(C)NC(C)(C)C2)c(C(=O)OC2CC(C)(C)NC(C)(C)C2)cc1C(=O)OC1CC(C)(C)NC(C)(C)C1. The summed E-state index contributed by atoms with van der Waals surface area (Å²) >= 11 is 0. The summed E-state index contributed by atoms with van der Waals surface area (Å²) < 4.78 is 18.3. The average Bonchev–Trinajstić information content (AvgIpc) is 2.77. The topological polar surface area (TPSA) is 115 Å². The summed E-state index contributed by atoms with van der Waals surface area (Å²) in [6.07, 6.45) is 2.79. The molecule has 0 bridgehead atoms.